The SMILES string of the molecule is Cc1cc(C(NC(=O)CCCCNc2cccc3c2C(=O)N(C2CCC(=O)NC2=O)C3=O)c2cccnc2)c(O)c2ncccc12. The Kier molecular flexibility index (Phi) is 8.43. The molecule has 1 fully saturated rings. The molecule has 1 saturated heterocycles. The number of phenolic OH excluding ortho intramolecular Hbond substituents is 1. The minimum absolute atomic E-state index is 0.000792. The molecule has 2 aromatic heterocycles. The first-order valence-electron chi connectivity index (χ1n) is 15.1. The molecular weight excluding hydrogens is 588 g/mol. The van der Waals surface area contributed by atoms with E-state index in [0.29, 0.717) is 41.7 Å². The Morgan fingerprint density at radius 3 is 2.67 bits per heavy atom. The maximum Gasteiger partial charge on any atom is 0.264 e. The van der Waals surface area contributed by atoms with E-state index < -0.39 is 35.7 Å². The van der Waals surface area contributed by atoms with Gasteiger partial charge in [-0.15, -0.1) is 0 Å². The van der Waals surface area contributed by atoms with Gasteiger partial charge in [-0.2, -0.15) is 0 Å². The number of unbranched alkanes of at least 4 members (excludes halogenated alkanes) is 1. The lowest BCUT2D eigenvalue weighted by Gasteiger charge is -2.27. The molecule has 2 unspecified atom stereocenters. The van der Waals surface area contributed by atoms with E-state index in [-0.39, 0.29) is 42.0 Å². The topological polar surface area (TPSA) is 171 Å². The first-order chi connectivity index (χ1) is 22.2. The summed E-state index contributed by atoms with van der Waals surface area (Å²) in [5, 5.41) is 20.4. The molecule has 12 nitrogen and oxygen atoms in total. The van der Waals surface area contributed by atoms with Crippen LogP contribution in [0.25, 0.3) is 10.9 Å². The van der Waals surface area contributed by atoms with E-state index in [9.17, 15) is 29.1 Å². The van der Waals surface area contributed by atoms with E-state index in [1.165, 1.54) is 0 Å². The van der Waals surface area contributed by atoms with Crippen molar-refractivity contribution in [3.8, 4) is 5.75 Å². The normalized spacial score (nSPS) is 16.7. The van der Waals surface area contributed by atoms with Gasteiger partial charge in [-0.25, -0.2) is 0 Å². The van der Waals surface area contributed by atoms with Crippen molar-refractivity contribution in [2.45, 2.75) is 51.1 Å². The number of amides is 5. The smallest absolute Gasteiger partial charge is 0.264 e. The first kappa shape index (κ1) is 30.4. The number of phenols is 1. The molecule has 2 atom stereocenters. The number of benzene rings is 2. The Labute approximate surface area is 264 Å². The molecular formula is C34H32N6O6. The highest BCUT2D eigenvalue weighted by Crippen LogP contribution is 2.36. The molecule has 2 aliphatic heterocycles. The lowest BCUT2D eigenvalue weighted by atomic mass is 9.94. The molecule has 4 N–H and O–H groups in total. The molecule has 4 heterocycles. The number of aromatic nitrogens is 2. The highest BCUT2D eigenvalue weighted by atomic mass is 16.3. The fourth-order valence-electron chi connectivity index (χ4n) is 6.06. The number of aromatic hydroxyl groups is 1. The molecule has 2 aromatic carbocycles. The summed E-state index contributed by atoms with van der Waals surface area (Å²) in [6, 6.07) is 12.4. The van der Waals surface area contributed by atoms with Crippen molar-refractivity contribution in [1.29, 1.82) is 0 Å². The highest BCUT2D eigenvalue weighted by Gasteiger charge is 2.45. The van der Waals surface area contributed by atoms with E-state index in [0.717, 1.165) is 15.8 Å². The number of nitrogens with zero attached hydrogens (tertiary/aromatic N) is 3. The lowest BCUT2D eigenvalue weighted by molar-refractivity contribution is -0.136. The van der Waals surface area contributed by atoms with Gasteiger partial charge in [0.25, 0.3) is 11.8 Å². The maximum absolute atomic E-state index is 13.3. The van der Waals surface area contributed by atoms with Crippen LogP contribution in [-0.4, -0.2) is 62.1 Å². The molecule has 0 spiro atoms. The zero-order valence-corrected chi connectivity index (χ0v) is 25.1. The third-order valence-corrected chi connectivity index (χ3v) is 8.35. The monoisotopic (exact) mass is 620 g/mol. The first-order valence-corrected chi connectivity index (χ1v) is 15.1. The molecule has 12 heteroatoms. The number of imide groups is 2. The molecule has 0 bridgehead atoms. The van der Waals surface area contributed by atoms with E-state index in [4.69, 9.17) is 0 Å². The second-order valence-corrected chi connectivity index (χ2v) is 11.4. The van der Waals surface area contributed by atoms with Crippen LogP contribution < -0.4 is 16.0 Å². The Morgan fingerprint density at radius 2 is 1.89 bits per heavy atom. The van der Waals surface area contributed by atoms with Gasteiger partial charge in [0, 0.05) is 54.6 Å². The number of anilines is 1. The van der Waals surface area contributed by atoms with E-state index in [2.05, 4.69) is 25.9 Å². The summed E-state index contributed by atoms with van der Waals surface area (Å²) in [7, 11) is 0. The largest absolute Gasteiger partial charge is 0.505 e. The number of piperidine rings is 1. The van der Waals surface area contributed by atoms with Crippen molar-refractivity contribution >= 4 is 46.1 Å². The second-order valence-electron chi connectivity index (χ2n) is 11.4. The molecule has 0 radical (unpaired) electrons. The number of nitrogens with one attached hydrogen (secondary N) is 3. The minimum atomic E-state index is -1.04. The summed E-state index contributed by atoms with van der Waals surface area (Å²) >= 11 is 0. The summed E-state index contributed by atoms with van der Waals surface area (Å²) in [4.78, 5) is 73.0. The lowest BCUT2D eigenvalue weighted by Crippen LogP contribution is -2.54. The molecule has 4 aromatic rings. The Hall–Kier alpha value is -5.65. The number of pyridine rings is 2. The molecule has 0 aliphatic carbocycles. The van der Waals surface area contributed by atoms with Gasteiger partial charge in [0.1, 0.15) is 17.3 Å². The van der Waals surface area contributed by atoms with E-state index >= 15 is 0 Å². The predicted molar refractivity (Wildman–Crippen MR) is 168 cm³/mol. The number of fused-ring (bicyclic) bond motifs is 2. The van der Waals surface area contributed by atoms with Gasteiger partial charge in [0.2, 0.25) is 17.7 Å². The van der Waals surface area contributed by atoms with Crippen LogP contribution in [-0.2, 0) is 14.4 Å². The molecule has 234 valence electrons. The number of rotatable bonds is 10. The summed E-state index contributed by atoms with van der Waals surface area (Å²) in [6.45, 7) is 2.35. The van der Waals surface area contributed by atoms with Gasteiger partial charge in [-0.3, -0.25) is 44.2 Å². The van der Waals surface area contributed by atoms with Gasteiger partial charge in [-0.05, 0) is 67.6 Å². The van der Waals surface area contributed by atoms with Crippen molar-refractivity contribution in [3.63, 3.8) is 0 Å². The number of carbonyl (C=O) groups is 5. The van der Waals surface area contributed by atoms with Crippen molar-refractivity contribution < 1.29 is 29.1 Å². The predicted octanol–water partition coefficient (Wildman–Crippen LogP) is 3.53. The van der Waals surface area contributed by atoms with Gasteiger partial charge in [-0.1, -0.05) is 18.2 Å². The van der Waals surface area contributed by atoms with Crippen LogP contribution in [0.3, 0.4) is 0 Å². The Bertz CT molecular complexity index is 1880. The highest BCUT2D eigenvalue weighted by molar-refractivity contribution is 6.25. The number of hydrogen-bond donors (Lipinski definition) is 4. The third kappa shape index (κ3) is 5.76. The fourth-order valence-corrected chi connectivity index (χ4v) is 6.06. The van der Waals surface area contributed by atoms with Crippen LogP contribution in [0.1, 0.15) is 75.6 Å². The zero-order valence-electron chi connectivity index (χ0n) is 25.1. The van der Waals surface area contributed by atoms with Gasteiger partial charge in [0.15, 0.2) is 0 Å². The fraction of sp³-hybridized carbons (Fsp3) is 0.265. The van der Waals surface area contributed by atoms with Crippen molar-refractivity contribution in [2.75, 3.05) is 11.9 Å². The zero-order chi connectivity index (χ0) is 32.4. The van der Waals surface area contributed by atoms with Gasteiger partial charge < -0.3 is 15.7 Å². The van der Waals surface area contributed by atoms with Crippen LogP contribution in [0.2, 0.25) is 0 Å². The average Bonchev–Trinajstić information content (AvgIpc) is 3.31. The van der Waals surface area contributed by atoms with Crippen molar-refractivity contribution in [2.24, 2.45) is 0 Å². The summed E-state index contributed by atoms with van der Waals surface area (Å²) in [5.74, 6) is -2.46. The molecule has 46 heavy (non-hydrogen) atoms. The quantitative estimate of drug-likeness (QED) is 0.153. The number of carbonyl (C=O) groups excluding carboxylic acids is 5. The van der Waals surface area contributed by atoms with Crippen LogP contribution >= 0.6 is 0 Å². The third-order valence-electron chi connectivity index (χ3n) is 8.35. The minimum Gasteiger partial charge on any atom is -0.505 e. The Balaban J connectivity index is 1.09. The van der Waals surface area contributed by atoms with Crippen LogP contribution in [0.5, 0.6) is 5.75 Å². The number of aryl methyl sites for hydroxylation is 1. The standard InChI is InChI=1S/C34H32N6O6/c1-19-17-23(31(43)30-21(19)9-6-16-37-30)29(20-7-5-14-35-18-20)38-26(41)11-2-3-15-36-24-10-4-8-22-28(24)34(46)40(33(22)45)25-12-13-27(42)39-32(25)44/h4-10,14,16-18,25,29,36,43H,2-3,11-13,15H2,1H3,(H,38,41)(H,39,42,44). The van der Waals surface area contributed by atoms with E-state index in [1.807, 2.05) is 31.2 Å². The van der Waals surface area contributed by atoms with Crippen molar-refractivity contribution in [1.82, 2.24) is 25.5 Å². The molecule has 5 amide bonds. The Morgan fingerprint density at radius 1 is 1.07 bits per heavy atom. The van der Waals surface area contributed by atoms with Crippen LogP contribution in [0.15, 0.2) is 67.1 Å². The van der Waals surface area contributed by atoms with Crippen LogP contribution in [0.4, 0.5) is 5.69 Å². The van der Waals surface area contributed by atoms with Gasteiger partial charge in [0.05, 0.1) is 17.2 Å². The van der Waals surface area contributed by atoms with Crippen molar-refractivity contribution in [3.05, 3.63) is 94.9 Å². The maximum atomic E-state index is 13.3. The van der Waals surface area contributed by atoms with E-state index in [1.54, 1.807) is 42.9 Å². The summed E-state index contributed by atoms with van der Waals surface area (Å²) in [6.07, 6.45) is 6.34. The van der Waals surface area contributed by atoms with Gasteiger partial charge >= 0.3 is 0 Å². The summed E-state index contributed by atoms with van der Waals surface area (Å²) in [5.41, 5.74) is 3.46. The number of hydrogen-bond acceptors (Lipinski definition) is 9. The molecule has 2 aliphatic rings. The molecule has 6 rings (SSSR count). The summed E-state index contributed by atoms with van der Waals surface area (Å²) < 4.78 is 0. The molecule has 0 saturated carbocycles. The van der Waals surface area contributed by atoms with Crippen LogP contribution in [0, 0.1) is 6.92 Å². The average molecular weight is 621 g/mol. The second kappa shape index (κ2) is 12.8.